The number of rotatable bonds is 7. The Hall–Kier alpha value is -3.54. The highest BCUT2D eigenvalue weighted by Crippen LogP contribution is 2.42. The third kappa shape index (κ3) is 4.01. The predicted octanol–water partition coefficient (Wildman–Crippen LogP) is 1.61. The molecule has 0 radical (unpaired) electrons. The number of nitrogens with zero attached hydrogens (tertiary/aromatic N) is 1. The van der Waals surface area contributed by atoms with Gasteiger partial charge >= 0.3 is 0 Å². The summed E-state index contributed by atoms with van der Waals surface area (Å²) in [5, 5.41) is 19.3. The number of hydrogen-bond acceptors (Lipinski definition) is 5. The number of fused-ring (bicyclic) bond motifs is 2. The van der Waals surface area contributed by atoms with Gasteiger partial charge in [0.05, 0.1) is 13.2 Å². The Morgan fingerprint density at radius 3 is 2.85 bits per heavy atom. The highest BCUT2D eigenvalue weighted by Gasteiger charge is 2.52. The molecule has 3 amide bonds. The number of nitriles is 1. The number of methoxy groups -OCH3 is 1. The van der Waals surface area contributed by atoms with Gasteiger partial charge in [0, 0.05) is 23.4 Å². The second kappa shape index (κ2) is 8.10. The lowest BCUT2D eigenvalue weighted by molar-refractivity contribution is -0.125. The fraction of sp³-hybridized carbons (Fsp3) is 0.500. The first-order valence-electron chi connectivity index (χ1n) is 11.4. The topological polar surface area (TPSA) is 136 Å². The maximum absolute atomic E-state index is 13.3. The van der Waals surface area contributed by atoms with Crippen molar-refractivity contribution in [3.63, 3.8) is 0 Å². The zero-order valence-corrected chi connectivity index (χ0v) is 18.4. The molecule has 9 heteroatoms. The Morgan fingerprint density at radius 2 is 2.15 bits per heavy atom. The smallest absolute Gasteiger partial charge is 0.268 e. The molecule has 172 valence electrons. The van der Waals surface area contributed by atoms with Crippen LogP contribution in [0.15, 0.2) is 24.3 Å². The van der Waals surface area contributed by atoms with E-state index in [-0.39, 0.29) is 29.6 Å². The Balaban J connectivity index is 1.32. The Kier molecular flexibility index (Phi) is 5.23. The van der Waals surface area contributed by atoms with Crippen LogP contribution in [0.5, 0.6) is 5.75 Å². The van der Waals surface area contributed by atoms with E-state index in [1.165, 1.54) is 0 Å². The molecule has 2 saturated carbocycles. The summed E-state index contributed by atoms with van der Waals surface area (Å²) in [5.74, 6) is 0.0348. The lowest BCUT2D eigenvalue weighted by Gasteiger charge is -2.27. The molecule has 1 unspecified atom stereocenters. The molecule has 1 aliphatic heterocycles. The van der Waals surface area contributed by atoms with E-state index in [0.717, 1.165) is 23.7 Å². The van der Waals surface area contributed by atoms with E-state index in [0.29, 0.717) is 43.2 Å². The van der Waals surface area contributed by atoms with Crippen LogP contribution in [0.3, 0.4) is 0 Å². The lowest BCUT2D eigenvalue weighted by atomic mass is 9.96. The highest BCUT2D eigenvalue weighted by molar-refractivity contribution is 6.01. The first-order valence-corrected chi connectivity index (χ1v) is 11.4. The van der Waals surface area contributed by atoms with Gasteiger partial charge in [-0.05, 0) is 49.3 Å². The summed E-state index contributed by atoms with van der Waals surface area (Å²) < 4.78 is 5.36. The first kappa shape index (κ1) is 21.3. The van der Waals surface area contributed by atoms with Crippen LogP contribution >= 0.6 is 0 Å². The number of benzene rings is 1. The van der Waals surface area contributed by atoms with Crippen molar-refractivity contribution in [3.8, 4) is 11.8 Å². The fourth-order valence-corrected chi connectivity index (χ4v) is 5.23. The van der Waals surface area contributed by atoms with Crippen molar-refractivity contribution in [2.75, 3.05) is 13.7 Å². The van der Waals surface area contributed by atoms with Gasteiger partial charge in [0.25, 0.3) is 5.91 Å². The summed E-state index contributed by atoms with van der Waals surface area (Å²) in [6.45, 7) is 0.537. The molecule has 2 heterocycles. The van der Waals surface area contributed by atoms with Crippen LogP contribution in [-0.4, -0.2) is 47.9 Å². The molecule has 2 aliphatic carbocycles. The van der Waals surface area contributed by atoms with Crippen LogP contribution in [0.4, 0.5) is 0 Å². The Bertz CT molecular complexity index is 1160. The number of aromatic amines is 1. The zero-order chi connectivity index (χ0) is 23.2. The van der Waals surface area contributed by atoms with Crippen molar-refractivity contribution in [2.24, 2.45) is 17.8 Å². The zero-order valence-electron chi connectivity index (χ0n) is 18.4. The van der Waals surface area contributed by atoms with E-state index in [1.54, 1.807) is 13.2 Å². The van der Waals surface area contributed by atoms with E-state index in [9.17, 15) is 19.6 Å². The van der Waals surface area contributed by atoms with Gasteiger partial charge < -0.3 is 25.7 Å². The van der Waals surface area contributed by atoms with Crippen molar-refractivity contribution in [1.29, 1.82) is 5.26 Å². The molecule has 5 rings (SSSR count). The molecule has 33 heavy (non-hydrogen) atoms. The fourth-order valence-electron chi connectivity index (χ4n) is 5.23. The molecule has 3 aliphatic rings. The van der Waals surface area contributed by atoms with Gasteiger partial charge in [-0.3, -0.25) is 14.4 Å². The summed E-state index contributed by atoms with van der Waals surface area (Å²) in [4.78, 5) is 41.4. The minimum Gasteiger partial charge on any atom is -0.496 e. The molecule has 1 aromatic carbocycles. The molecule has 1 aromatic heterocycles. The highest BCUT2D eigenvalue weighted by atomic mass is 16.5. The van der Waals surface area contributed by atoms with Gasteiger partial charge in [-0.15, -0.1) is 0 Å². The third-order valence-electron chi connectivity index (χ3n) is 7.18. The van der Waals surface area contributed by atoms with E-state index < -0.39 is 11.6 Å². The van der Waals surface area contributed by atoms with Crippen molar-refractivity contribution < 1.29 is 19.1 Å². The number of amides is 3. The molecule has 0 bridgehead atoms. The van der Waals surface area contributed by atoms with Gasteiger partial charge in [0.1, 0.15) is 23.0 Å². The lowest BCUT2D eigenvalue weighted by Crippen LogP contribution is -2.55. The van der Waals surface area contributed by atoms with Gasteiger partial charge in [-0.1, -0.05) is 18.9 Å². The summed E-state index contributed by atoms with van der Waals surface area (Å²) in [7, 11) is 1.57. The van der Waals surface area contributed by atoms with E-state index in [2.05, 4.69) is 27.0 Å². The van der Waals surface area contributed by atoms with Crippen molar-refractivity contribution in [1.82, 2.24) is 20.9 Å². The summed E-state index contributed by atoms with van der Waals surface area (Å²) >= 11 is 0. The largest absolute Gasteiger partial charge is 0.496 e. The maximum atomic E-state index is 13.3. The van der Waals surface area contributed by atoms with Crippen LogP contribution < -0.4 is 20.7 Å². The van der Waals surface area contributed by atoms with Crippen molar-refractivity contribution >= 4 is 28.6 Å². The normalized spacial score (nSPS) is 26.8. The van der Waals surface area contributed by atoms with Crippen LogP contribution in [0.1, 0.15) is 42.6 Å². The van der Waals surface area contributed by atoms with Gasteiger partial charge in [0.15, 0.2) is 0 Å². The van der Waals surface area contributed by atoms with E-state index in [1.807, 2.05) is 18.2 Å². The Labute approximate surface area is 191 Å². The predicted molar refractivity (Wildman–Crippen MR) is 119 cm³/mol. The van der Waals surface area contributed by atoms with E-state index >= 15 is 0 Å². The number of hydrogen-bond donors (Lipinski definition) is 4. The molecular formula is C24H27N5O4. The second-order valence-electron chi connectivity index (χ2n) is 9.51. The monoisotopic (exact) mass is 449 g/mol. The number of nitrogens with one attached hydrogen (secondary N) is 4. The number of H-pyrrole nitrogens is 1. The van der Waals surface area contributed by atoms with Crippen LogP contribution in [0.2, 0.25) is 0 Å². The van der Waals surface area contributed by atoms with Gasteiger partial charge in [-0.2, -0.15) is 5.26 Å². The maximum Gasteiger partial charge on any atom is 0.268 e. The average Bonchev–Trinajstić information content (AvgIpc) is 3.25. The molecule has 2 aromatic rings. The molecule has 1 saturated heterocycles. The van der Waals surface area contributed by atoms with Crippen molar-refractivity contribution in [3.05, 3.63) is 30.0 Å². The Morgan fingerprint density at radius 1 is 1.33 bits per heavy atom. The van der Waals surface area contributed by atoms with Gasteiger partial charge in [-0.25, -0.2) is 0 Å². The first-order chi connectivity index (χ1) is 15.9. The molecule has 9 nitrogen and oxygen atoms in total. The van der Waals surface area contributed by atoms with Crippen molar-refractivity contribution in [2.45, 2.75) is 43.7 Å². The average molecular weight is 450 g/mol. The standard InChI is InChI=1S/C24H27N5O4/c1-33-20-4-2-3-17-15(20)8-19(27-17)22(31)28-18(7-13-5-6-13)23(32)29-24(12-25)9-14-11-26-21(30)16(14)10-24/h2-4,8,13-14,16,18,27H,5-7,9-11H2,1H3,(H,26,30)(H,28,31)(H,29,32)/t14?,16-,18+,24+/m1/s1. The second-order valence-corrected chi connectivity index (χ2v) is 9.51. The van der Waals surface area contributed by atoms with Crippen LogP contribution in [0, 0.1) is 29.1 Å². The summed E-state index contributed by atoms with van der Waals surface area (Å²) in [6.07, 6.45) is 3.31. The quantitative estimate of drug-likeness (QED) is 0.509. The molecule has 4 N–H and O–H groups in total. The number of carbonyl (C=O) groups excluding carboxylic acids is 3. The molecular weight excluding hydrogens is 422 g/mol. The molecule has 4 atom stereocenters. The minimum atomic E-state index is -1.08. The van der Waals surface area contributed by atoms with Crippen LogP contribution in [-0.2, 0) is 9.59 Å². The molecule has 0 spiro atoms. The van der Waals surface area contributed by atoms with E-state index in [4.69, 9.17) is 4.74 Å². The third-order valence-corrected chi connectivity index (χ3v) is 7.18. The summed E-state index contributed by atoms with van der Waals surface area (Å²) in [6, 6.07) is 8.72. The summed E-state index contributed by atoms with van der Waals surface area (Å²) in [5.41, 5.74) is 0.0256. The number of carbonyl (C=O) groups is 3. The number of aromatic nitrogens is 1. The minimum absolute atomic E-state index is 0.0512. The number of ether oxygens (including phenoxy) is 1. The SMILES string of the molecule is COc1cccc2[nH]c(C(=O)N[C@@H](CC3CC3)C(=O)N[C@@]3(C#N)CC4CNC(=O)[C@@H]4C3)cc12. The van der Waals surface area contributed by atoms with Crippen LogP contribution in [0.25, 0.3) is 10.9 Å². The molecule has 3 fully saturated rings. The van der Waals surface area contributed by atoms with Gasteiger partial charge in [0.2, 0.25) is 11.8 Å².